The molecule has 0 aliphatic rings. The Labute approximate surface area is 158 Å². The standard InChI is InChI=1S/C22H23FO4/c1-13-11-19(16(4)15(3)14(13)2)21(25)12-27-22(26)10-9-20(24)17-5-7-18(23)8-6-17/h5-8,11H,9-10,12H2,1-4H3. The summed E-state index contributed by atoms with van der Waals surface area (Å²) in [5, 5.41) is 0. The minimum Gasteiger partial charge on any atom is -0.457 e. The number of ketones is 2. The molecule has 0 radical (unpaired) electrons. The van der Waals surface area contributed by atoms with E-state index in [0.29, 0.717) is 11.1 Å². The van der Waals surface area contributed by atoms with Crippen LogP contribution >= 0.6 is 0 Å². The van der Waals surface area contributed by atoms with Crippen molar-refractivity contribution in [3.63, 3.8) is 0 Å². The van der Waals surface area contributed by atoms with Gasteiger partial charge >= 0.3 is 5.97 Å². The molecule has 0 saturated carbocycles. The van der Waals surface area contributed by atoms with Crippen LogP contribution in [0.5, 0.6) is 0 Å². The molecule has 4 nitrogen and oxygen atoms in total. The molecule has 142 valence electrons. The number of halogens is 1. The molecule has 0 atom stereocenters. The Morgan fingerprint density at radius 2 is 1.48 bits per heavy atom. The van der Waals surface area contributed by atoms with E-state index in [4.69, 9.17) is 4.74 Å². The average Bonchev–Trinajstić information content (AvgIpc) is 2.65. The lowest BCUT2D eigenvalue weighted by atomic mass is 9.93. The number of hydrogen-bond donors (Lipinski definition) is 0. The molecule has 0 aliphatic carbocycles. The lowest BCUT2D eigenvalue weighted by Gasteiger charge is -2.13. The monoisotopic (exact) mass is 370 g/mol. The molecule has 2 aromatic carbocycles. The highest BCUT2D eigenvalue weighted by atomic mass is 19.1. The van der Waals surface area contributed by atoms with Gasteiger partial charge in [-0.15, -0.1) is 0 Å². The summed E-state index contributed by atoms with van der Waals surface area (Å²) in [7, 11) is 0. The molecule has 0 saturated heterocycles. The molecule has 0 aliphatic heterocycles. The number of benzene rings is 2. The highest BCUT2D eigenvalue weighted by Crippen LogP contribution is 2.21. The van der Waals surface area contributed by atoms with Crippen LogP contribution in [0.3, 0.4) is 0 Å². The molecule has 0 bridgehead atoms. The van der Waals surface area contributed by atoms with E-state index in [9.17, 15) is 18.8 Å². The summed E-state index contributed by atoms with van der Waals surface area (Å²) in [4.78, 5) is 36.2. The zero-order valence-corrected chi connectivity index (χ0v) is 16.0. The molecule has 2 aromatic rings. The van der Waals surface area contributed by atoms with Gasteiger partial charge in [0.05, 0.1) is 6.42 Å². The molecule has 0 heterocycles. The number of esters is 1. The third-order valence-corrected chi connectivity index (χ3v) is 4.87. The van der Waals surface area contributed by atoms with Crippen LogP contribution in [-0.4, -0.2) is 24.1 Å². The van der Waals surface area contributed by atoms with Gasteiger partial charge in [-0.1, -0.05) is 0 Å². The van der Waals surface area contributed by atoms with Gasteiger partial charge in [0.2, 0.25) is 5.78 Å². The maximum atomic E-state index is 12.9. The minimum atomic E-state index is -0.614. The molecule has 2 rings (SSSR count). The third kappa shape index (κ3) is 5.09. The Hall–Kier alpha value is -2.82. The van der Waals surface area contributed by atoms with E-state index in [1.165, 1.54) is 24.3 Å². The van der Waals surface area contributed by atoms with Crippen LogP contribution in [0.15, 0.2) is 30.3 Å². The largest absolute Gasteiger partial charge is 0.457 e. The molecule has 27 heavy (non-hydrogen) atoms. The number of aryl methyl sites for hydroxylation is 1. The molecule has 0 fully saturated rings. The Balaban J connectivity index is 1.89. The van der Waals surface area contributed by atoms with Crippen molar-refractivity contribution in [2.75, 3.05) is 6.61 Å². The summed E-state index contributed by atoms with van der Waals surface area (Å²) >= 11 is 0. The minimum absolute atomic E-state index is 0.0551. The number of Topliss-reactive ketones (excluding diaryl/α,β-unsaturated/α-hetero) is 2. The first-order valence-corrected chi connectivity index (χ1v) is 8.75. The Morgan fingerprint density at radius 1 is 0.852 bits per heavy atom. The zero-order valence-electron chi connectivity index (χ0n) is 16.0. The molecule has 0 unspecified atom stereocenters. The molecule has 5 heteroatoms. The van der Waals surface area contributed by atoms with E-state index in [2.05, 4.69) is 0 Å². The average molecular weight is 370 g/mol. The van der Waals surface area contributed by atoms with E-state index in [0.717, 1.165) is 22.3 Å². The molecular formula is C22H23FO4. The van der Waals surface area contributed by atoms with Gasteiger partial charge in [0.1, 0.15) is 5.82 Å². The molecular weight excluding hydrogens is 347 g/mol. The van der Waals surface area contributed by atoms with Gasteiger partial charge in [-0.2, -0.15) is 0 Å². The fraction of sp³-hybridized carbons (Fsp3) is 0.318. The predicted octanol–water partition coefficient (Wildman–Crippen LogP) is 4.45. The Bertz CT molecular complexity index is 882. The summed E-state index contributed by atoms with van der Waals surface area (Å²) in [5.41, 5.74) is 4.96. The van der Waals surface area contributed by atoms with Crippen molar-refractivity contribution in [1.82, 2.24) is 0 Å². The Morgan fingerprint density at radius 3 is 2.11 bits per heavy atom. The SMILES string of the molecule is Cc1cc(C(=O)COC(=O)CCC(=O)c2ccc(F)cc2)c(C)c(C)c1C. The second kappa shape index (κ2) is 8.71. The summed E-state index contributed by atoms with van der Waals surface area (Å²) < 4.78 is 17.9. The fourth-order valence-electron chi connectivity index (χ4n) is 2.79. The van der Waals surface area contributed by atoms with Gasteiger partial charge in [0.25, 0.3) is 0 Å². The second-order valence-electron chi connectivity index (χ2n) is 6.63. The second-order valence-corrected chi connectivity index (χ2v) is 6.63. The van der Waals surface area contributed by atoms with Crippen molar-refractivity contribution in [3.05, 3.63) is 69.5 Å². The van der Waals surface area contributed by atoms with Crippen LogP contribution in [0.25, 0.3) is 0 Å². The first-order chi connectivity index (χ1) is 12.7. The third-order valence-electron chi connectivity index (χ3n) is 4.87. The molecule has 0 amide bonds. The van der Waals surface area contributed by atoms with Gasteiger partial charge in [-0.25, -0.2) is 4.39 Å². The summed E-state index contributed by atoms with van der Waals surface area (Å²) in [6.07, 6.45) is -0.186. The van der Waals surface area contributed by atoms with Crippen molar-refractivity contribution in [2.45, 2.75) is 40.5 Å². The fourth-order valence-corrected chi connectivity index (χ4v) is 2.79. The number of carbonyl (C=O) groups is 3. The van der Waals surface area contributed by atoms with Crippen LogP contribution < -0.4 is 0 Å². The van der Waals surface area contributed by atoms with Crippen LogP contribution in [0, 0.1) is 33.5 Å². The van der Waals surface area contributed by atoms with Gasteiger partial charge in [0, 0.05) is 17.5 Å². The van der Waals surface area contributed by atoms with Crippen LogP contribution in [0.1, 0.15) is 55.8 Å². The topological polar surface area (TPSA) is 60.4 Å². The van der Waals surface area contributed by atoms with E-state index < -0.39 is 11.8 Å². The van der Waals surface area contributed by atoms with E-state index >= 15 is 0 Å². The van der Waals surface area contributed by atoms with Crippen molar-refractivity contribution in [2.24, 2.45) is 0 Å². The highest BCUT2D eigenvalue weighted by molar-refractivity contribution is 6.00. The van der Waals surface area contributed by atoms with Crippen LogP contribution in [0.4, 0.5) is 4.39 Å². The van der Waals surface area contributed by atoms with Gasteiger partial charge < -0.3 is 4.74 Å². The predicted molar refractivity (Wildman–Crippen MR) is 101 cm³/mol. The molecule has 0 spiro atoms. The van der Waals surface area contributed by atoms with Gasteiger partial charge in [0.15, 0.2) is 12.4 Å². The number of rotatable bonds is 7. The molecule has 0 N–H and O–H groups in total. The van der Waals surface area contributed by atoms with E-state index in [1.54, 1.807) is 0 Å². The summed E-state index contributed by atoms with van der Waals surface area (Å²) in [6.45, 7) is 7.42. The van der Waals surface area contributed by atoms with Crippen molar-refractivity contribution in [3.8, 4) is 0 Å². The highest BCUT2D eigenvalue weighted by Gasteiger charge is 2.16. The van der Waals surface area contributed by atoms with Crippen molar-refractivity contribution >= 4 is 17.5 Å². The molecule has 0 aromatic heterocycles. The number of ether oxygens (including phenoxy) is 1. The normalized spacial score (nSPS) is 10.6. The first kappa shape index (κ1) is 20.5. The van der Waals surface area contributed by atoms with Crippen molar-refractivity contribution < 1.29 is 23.5 Å². The lowest BCUT2D eigenvalue weighted by molar-refractivity contribution is -0.142. The van der Waals surface area contributed by atoms with Crippen molar-refractivity contribution in [1.29, 1.82) is 0 Å². The number of carbonyl (C=O) groups excluding carboxylic acids is 3. The van der Waals surface area contributed by atoms with Crippen LogP contribution in [0.2, 0.25) is 0 Å². The van der Waals surface area contributed by atoms with E-state index in [1.807, 2.05) is 33.8 Å². The zero-order chi connectivity index (χ0) is 20.1. The maximum Gasteiger partial charge on any atom is 0.306 e. The smallest absolute Gasteiger partial charge is 0.306 e. The summed E-state index contributed by atoms with van der Waals surface area (Å²) in [6, 6.07) is 6.94. The van der Waals surface area contributed by atoms with E-state index in [-0.39, 0.29) is 31.0 Å². The van der Waals surface area contributed by atoms with Gasteiger partial charge in [-0.05, 0) is 80.3 Å². The Kier molecular flexibility index (Phi) is 6.61. The van der Waals surface area contributed by atoms with Crippen LogP contribution in [-0.2, 0) is 9.53 Å². The summed E-state index contributed by atoms with van der Waals surface area (Å²) in [5.74, 6) is -1.59. The number of hydrogen-bond acceptors (Lipinski definition) is 4. The quantitative estimate of drug-likeness (QED) is 0.534. The van der Waals surface area contributed by atoms with Gasteiger partial charge in [-0.3, -0.25) is 14.4 Å². The first-order valence-electron chi connectivity index (χ1n) is 8.75. The lowest BCUT2D eigenvalue weighted by Crippen LogP contribution is -2.16. The maximum absolute atomic E-state index is 12.9.